The zero-order valence-corrected chi connectivity index (χ0v) is 17.6. The highest BCUT2D eigenvalue weighted by molar-refractivity contribution is 7.90. The number of sulfonamides is 1. The number of carbonyl (C=O) groups is 1. The third-order valence-corrected chi connectivity index (χ3v) is 7.68. The fourth-order valence-electron chi connectivity index (χ4n) is 4.16. The SMILES string of the molecule is CC(C)NC(=O)N1CC(S(=O)(=O)NC2CCC(c3coc4cccnc34)CC2)C1. The summed E-state index contributed by atoms with van der Waals surface area (Å²) in [5.74, 6) is 0.339. The highest BCUT2D eigenvalue weighted by Crippen LogP contribution is 2.37. The summed E-state index contributed by atoms with van der Waals surface area (Å²) in [5.41, 5.74) is 2.82. The number of nitrogens with zero attached hydrogens (tertiary/aromatic N) is 2. The molecule has 29 heavy (non-hydrogen) atoms. The fourth-order valence-corrected chi connectivity index (χ4v) is 5.81. The van der Waals surface area contributed by atoms with Gasteiger partial charge in [-0.1, -0.05) is 0 Å². The Kier molecular flexibility index (Phi) is 5.52. The molecule has 9 heteroatoms. The Labute approximate surface area is 171 Å². The first-order chi connectivity index (χ1) is 13.8. The van der Waals surface area contributed by atoms with Crippen LogP contribution in [0.5, 0.6) is 0 Å². The first kappa shape index (κ1) is 20.2. The highest BCUT2D eigenvalue weighted by atomic mass is 32.2. The minimum absolute atomic E-state index is 0.0361. The van der Waals surface area contributed by atoms with Crippen LogP contribution in [-0.4, -0.2) is 54.8 Å². The lowest BCUT2D eigenvalue weighted by Crippen LogP contribution is -2.62. The molecular weight excluding hydrogens is 392 g/mol. The molecular formula is C20H28N4O4S. The lowest BCUT2D eigenvalue weighted by Gasteiger charge is -2.40. The van der Waals surface area contributed by atoms with E-state index in [1.54, 1.807) is 12.5 Å². The average molecular weight is 421 g/mol. The smallest absolute Gasteiger partial charge is 0.317 e. The molecule has 0 atom stereocenters. The van der Waals surface area contributed by atoms with Gasteiger partial charge in [0, 0.05) is 36.9 Å². The van der Waals surface area contributed by atoms with Gasteiger partial charge in [0.2, 0.25) is 10.0 Å². The maximum atomic E-state index is 12.7. The minimum atomic E-state index is -3.43. The molecule has 0 radical (unpaired) electrons. The lowest BCUT2D eigenvalue weighted by molar-refractivity contribution is 0.166. The van der Waals surface area contributed by atoms with E-state index in [2.05, 4.69) is 15.0 Å². The number of fused-ring (bicyclic) bond motifs is 1. The Morgan fingerprint density at radius 3 is 2.66 bits per heavy atom. The number of carbonyl (C=O) groups excluding carboxylic acids is 1. The van der Waals surface area contributed by atoms with Gasteiger partial charge in [-0.2, -0.15) is 0 Å². The van der Waals surface area contributed by atoms with E-state index in [0.717, 1.165) is 42.3 Å². The monoisotopic (exact) mass is 420 g/mol. The maximum Gasteiger partial charge on any atom is 0.317 e. The maximum absolute atomic E-state index is 12.7. The molecule has 2 fully saturated rings. The molecule has 2 aromatic rings. The van der Waals surface area contributed by atoms with Crippen molar-refractivity contribution < 1.29 is 17.6 Å². The van der Waals surface area contributed by atoms with E-state index in [0.29, 0.717) is 5.92 Å². The van der Waals surface area contributed by atoms with Gasteiger partial charge in [0.1, 0.15) is 10.8 Å². The van der Waals surface area contributed by atoms with Crippen molar-refractivity contribution in [2.75, 3.05) is 13.1 Å². The summed E-state index contributed by atoms with van der Waals surface area (Å²) < 4.78 is 33.8. The van der Waals surface area contributed by atoms with Crippen LogP contribution in [0, 0.1) is 0 Å². The molecule has 2 amide bonds. The van der Waals surface area contributed by atoms with Crippen molar-refractivity contribution in [1.82, 2.24) is 19.9 Å². The predicted octanol–water partition coefficient (Wildman–Crippen LogP) is 2.58. The Hall–Kier alpha value is -2.13. The van der Waals surface area contributed by atoms with Crippen LogP contribution in [0.15, 0.2) is 29.0 Å². The van der Waals surface area contributed by atoms with E-state index < -0.39 is 15.3 Å². The number of amides is 2. The van der Waals surface area contributed by atoms with Crippen LogP contribution >= 0.6 is 0 Å². The summed E-state index contributed by atoms with van der Waals surface area (Å²) in [7, 11) is -3.43. The molecule has 158 valence electrons. The standard InChI is InChI=1S/C20H28N4O4S/c1-13(2)22-20(25)24-10-16(11-24)29(26,27)23-15-7-5-14(6-8-15)17-12-28-18-4-3-9-21-19(17)18/h3-4,9,12-16,23H,5-8,10-11H2,1-2H3,(H,22,25). The topological polar surface area (TPSA) is 105 Å². The summed E-state index contributed by atoms with van der Waals surface area (Å²) in [4.78, 5) is 17.9. The second-order valence-electron chi connectivity index (χ2n) is 8.38. The quantitative estimate of drug-likeness (QED) is 0.774. The molecule has 8 nitrogen and oxygen atoms in total. The van der Waals surface area contributed by atoms with E-state index in [4.69, 9.17) is 4.42 Å². The van der Waals surface area contributed by atoms with Crippen LogP contribution in [0.2, 0.25) is 0 Å². The summed E-state index contributed by atoms with van der Waals surface area (Å²) in [6, 6.07) is 3.55. The highest BCUT2D eigenvalue weighted by Gasteiger charge is 2.41. The average Bonchev–Trinajstić information content (AvgIpc) is 3.04. The molecule has 0 aromatic carbocycles. The molecule has 1 saturated carbocycles. The summed E-state index contributed by atoms with van der Waals surface area (Å²) in [5, 5.41) is 2.26. The Morgan fingerprint density at radius 1 is 1.24 bits per heavy atom. The summed E-state index contributed by atoms with van der Waals surface area (Å²) in [6.45, 7) is 4.25. The van der Waals surface area contributed by atoms with Crippen molar-refractivity contribution in [2.24, 2.45) is 0 Å². The fraction of sp³-hybridized carbons (Fsp3) is 0.600. The molecule has 3 heterocycles. The first-order valence-electron chi connectivity index (χ1n) is 10.2. The third kappa shape index (κ3) is 4.25. The van der Waals surface area contributed by atoms with Gasteiger partial charge in [0.15, 0.2) is 5.58 Å². The molecule has 1 aliphatic carbocycles. The van der Waals surface area contributed by atoms with Gasteiger partial charge < -0.3 is 14.6 Å². The minimum Gasteiger partial charge on any atom is -0.462 e. The number of pyridine rings is 1. The molecule has 1 saturated heterocycles. The second kappa shape index (κ2) is 7.95. The Bertz CT molecular complexity index is 973. The van der Waals surface area contributed by atoms with Gasteiger partial charge in [-0.15, -0.1) is 0 Å². The zero-order valence-electron chi connectivity index (χ0n) is 16.8. The Morgan fingerprint density at radius 2 is 1.97 bits per heavy atom. The number of aromatic nitrogens is 1. The van der Waals surface area contributed by atoms with Gasteiger partial charge in [-0.25, -0.2) is 17.9 Å². The molecule has 4 rings (SSSR count). The van der Waals surface area contributed by atoms with Crippen molar-refractivity contribution in [1.29, 1.82) is 0 Å². The summed E-state index contributed by atoms with van der Waals surface area (Å²) >= 11 is 0. The molecule has 0 spiro atoms. The second-order valence-corrected chi connectivity index (χ2v) is 10.4. The van der Waals surface area contributed by atoms with Gasteiger partial charge >= 0.3 is 6.03 Å². The molecule has 2 aromatic heterocycles. The van der Waals surface area contributed by atoms with E-state index in [1.165, 1.54) is 4.90 Å². The Balaban J connectivity index is 1.29. The van der Waals surface area contributed by atoms with Crippen LogP contribution in [0.3, 0.4) is 0 Å². The molecule has 1 aliphatic heterocycles. The number of hydrogen-bond donors (Lipinski definition) is 2. The molecule has 0 unspecified atom stereocenters. The van der Waals surface area contributed by atoms with E-state index in [-0.39, 0.29) is 31.2 Å². The van der Waals surface area contributed by atoms with Crippen molar-refractivity contribution in [2.45, 2.75) is 62.8 Å². The first-order valence-corrected chi connectivity index (χ1v) is 11.8. The largest absolute Gasteiger partial charge is 0.462 e. The van der Waals surface area contributed by atoms with Crippen LogP contribution in [-0.2, 0) is 10.0 Å². The van der Waals surface area contributed by atoms with Crippen molar-refractivity contribution in [3.63, 3.8) is 0 Å². The van der Waals surface area contributed by atoms with Gasteiger partial charge in [0.05, 0.1) is 6.26 Å². The van der Waals surface area contributed by atoms with Crippen LogP contribution < -0.4 is 10.0 Å². The van der Waals surface area contributed by atoms with Crippen molar-refractivity contribution in [3.05, 3.63) is 30.2 Å². The number of rotatable bonds is 5. The summed E-state index contributed by atoms with van der Waals surface area (Å²) in [6.07, 6.45) is 6.92. The predicted molar refractivity (Wildman–Crippen MR) is 110 cm³/mol. The molecule has 2 N–H and O–H groups in total. The molecule has 2 aliphatic rings. The zero-order chi connectivity index (χ0) is 20.6. The number of nitrogens with one attached hydrogen (secondary N) is 2. The number of furan rings is 1. The van der Waals surface area contributed by atoms with Crippen molar-refractivity contribution >= 4 is 27.2 Å². The van der Waals surface area contributed by atoms with Crippen LogP contribution in [0.25, 0.3) is 11.1 Å². The number of likely N-dealkylation sites (tertiary alicyclic amines) is 1. The van der Waals surface area contributed by atoms with Gasteiger partial charge in [0.25, 0.3) is 0 Å². The van der Waals surface area contributed by atoms with E-state index in [1.807, 2.05) is 26.0 Å². The normalized spacial score (nSPS) is 23.3. The van der Waals surface area contributed by atoms with E-state index >= 15 is 0 Å². The van der Waals surface area contributed by atoms with Crippen LogP contribution in [0.4, 0.5) is 4.79 Å². The van der Waals surface area contributed by atoms with Gasteiger partial charge in [-0.05, 0) is 57.6 Å². The van der Waals surface area contributed by atoms with Crippen molar-refractivity contribution in [3.8, 4) is 0 Å². The lowest BCUT2D eigenvalue weighted by atomic mass is 9.82. The van der Waals surface area contributed by atoms with Gasteiger partial charge in [-0.3, -0.25) is 4.98 Å². The third-order valence-electron chi connectivity index (χ3n) is 5.84. The number of hydrogen-bond acceptors (Lipinski definition) is 5. The van der Waals surface area contributed by atoms with E-state index in [9.17, 15) is 13.2 Å². The molecule has 0 bridgehead atoms. The van der Waals surface area contributed by atoms with Crippen LogP contribution in [0.1, 0.15) is 51.0 Å². The number of urea groups is 1.